The van der Waals surface area contributed by atoms with Crippen LogP contribution in [-0.4, -0.2) is 52.9 Å². The fraction of sp³-hybridized carbons (Fsp3) is 0.565. The van der Waals surface area contributed by atoms with Crippen molar-refractivity contribution in [2.45, 2.75) is 56.8 Å². The zero-order chi connectivity index (χ0) is 20.9. The first-order chi connectivity index (χ1) is 14.5. The van der Waals surface area contributed by atoms with Gasteiger partial charge in [0.1, 0.15) is 5.56 Å². The number of hydrogen-bond acceptors (Lipinski definition) is 5. The number of nitrogens with zero attached hydrogens (tertiary/aromatic N) is 4. The number of nitrogens with one attached hydrogen (secondary N) is 1. The maximum Gasteiger partial charge on any atom is 0.261 e. The first kappa shape index (κ1) is 19.3. The molecule has 3 aliphatic rings. The lowest BCUT2D eigenvalue weighted by Gasteiger charge is -2.40. The Balaban J connectivity index is 1.46. The van der Waals surface area contributed by atoms with Crippen molar-refractivity contribution in [1.29, 1.82) is 0 Å². The van der Waals surface area contributed by atoms with Crippen LogP contribution in [-0.2, 0) is 24.7 Å². The van der Waals surface area contributed by atoms with E-state index < -0.39 is 0 Å². The molecule has 1 unspecified atom stereocenters. The van der Waals surface area contributed by atoms with Crippen molar-refractivity contribution < 1.29 is 4.79 Å². The Morgan fingerprint density at radius 1 is 1.13 bits per heavy atom. The molecule has 0 bridgehead atoms. The third-order valence-corrected chi connectivity index (χ3v) is 7.06. The van der Waals surface area contributed by atoms with Crippen molar-refractivity contribution in [2.24, 2.45) is 0 Å². The number of H-pyrrole nitrogens is 1. The summed E-state index contributed by atoms with van der Waals surface area (Å²) in [5.74, 6) is 0.573. The zero-order valence-electron chi connectivity index (χ0n) is 17.8. The predicted molar refractivity (Wildman–Crippen MR) is 115 cm³/mol. The largest absolute Gasteiger partial charge is 0.347 e. The Hall–Kier alpha value is -2.70. The third-order valence-electron chi connectivity index (χ3n) is 7.06. The number of rotatable bonds is 2. The van der Waals surface area contributed by atoms with E-state index in [1.165, 1.54) is 5.56 Å². The van der Waals surface area contributed by atoms with Crippen molar-refractivity contribution in [3.63, 3.8) is 0 Å². The molecule has 2 aromatic rings. The lowest BCUT2D eigenvalue weighted by atomic mass is 9.77. The minimum Gasteiger partial charge on any atom is -0.347 e. The third kappa shape index (κ3) is 3.11. The number of anilines is 1. The van der Waals surface area contributed by atoms with Crippen LogP contribution < -0.4 is 10.5 Å². The standard InChI is InChI=1S/C23H29N5O2/c1-27(2)22-24-13-16-8-10-23(19(16)26-22)9-5-11-28(14-23)21(30)17-12-15-6-3-4-7-18(15)25-20(17)29/h12-13H,3-11,14H2,1-2H3,(H,25,29). The number of amides is 1. The van der Waals surface area contributed by atoms with Crippen LogP contribution in [0.25, 0.3) is 0 Å². The van der Waals surface area contributed by atoms with Crippen molar-refractivity contribution in [2.75, 3.05) is 32.1 Å². The Morgan fingerprint density at radius 2 is 1.97 bits per heavy atom. The predicted octanol–water partition coefficient (Wildman–Crippen LogP) is 2.23. The molecule has 0 saturated carbocycles. The Morgan fingerprint density at radius 3 is 2.80 bits per heavy atom. The molecule has 1 saturated heterocycles. The minimum absolute atomic E-state index is 0.127. The topological polar surface area (TPSA) is 82.2 Å². The summed E-state index contributed by atoms with van der Waals surface area (Å²) in [6, 6.07) is 1.85. The number of piperidine rings is 1. The van der Waals surface area contributed by atoms with Gasteiger partial charge in [-0.3, -0.25) is 9.59 Å². The van der Waals surface area contributed by atoms with Gasteiger partial charge in [0.15, 0.2) is 0 Å². The van der Waals surface area contributed by atoms with Crippen LogP contribution in [0.1, 0.15) is 65.0 Å². The fourth-order valence-electron chi connectivity index (χ4n) is 5.45. The lowest BCUT2D eigenvalue weighted by Crippen LogP contribution is -2.49. The summed E-state index contributed by atoms with van der Waals surface area (Å²) in [5, 5.41) is 0. The van der Waals surface area contributed by atoms with Crippen LogP contribution in [0.15, 0.2) is 17.1 Å². The molecule has 3 heterocycles. The summed E-state index contributed by atoms with van der Waals surface area (Å²) in [6.45, 7) is 1.32. The fourth-order valence-corrected chi connectivity index (χ4v) is 5.45. The molecule has 158 valence electrons. The average Bonchev–Trinajstić information content (AvgIpc) is 3.09. The number of likely N-dealkylation sites (tertiary alicyclic amines) is 1. The van der Waals surface area contributed by atoms with E-state index in [9.17, 15) is 9.59 Å². The molecular formula is C23H29N5O2. The number of hydrogen-bond donors (Lipinski definition) is 1. The molecule has 0 radical (unpaired) electrons. The van der Waals surface area contributed by atoms with E-state index in [4.69, 9.17) is 4.98 Å². The van der Waals surface area contributed by atoms with Gasteiger partial charge in [-0.1, -0.05) is 0 Å². The molecule has 1 aliphatic heterocycles. The molecule has 7 heteroatoms. The van der Waals surface area contributed by atoms with E-state index in [0.29, 0.717) is 24.6 Å². The molecule has 0 aromatic carbocycles. The van der Waals surface area contributed by atoms with Crippen LogP contribution in [0.4, 0.5) is 5.95 Å². The number of aromatic amines is 1. The molecule has 2 aliphatic carbocycles. The van der Waals surface area contributed by atoms with Gasteiger partial charge < -0.3 is 14.8 Å². The van der Waals surface area contributed by atoms with E-state index in [1.807, 2.05) is 36.2 Å². The smallest absolute Gasteiger partial charge is 0.261 e. The van der Waals surface area contributed by atoms with Gasteiger partial charge in [-0.2, -0.15) is 0 Å². The van der Waals surface area contributed by atoms with Gasteiger partial charge in [0, 0.05) is 44.5 Å². The SMILES string of the molecule is CN(C)c1ncc2c(n1)C1(CCCN(C(=O)c3cc4c([nH]c3=O)CCCC4)C1)CC2. The van der Waals surface area contributed by atoms with Crippen LogP contribution in [0.2, 0.25) is 0 Å². The van der Waals surface area contributed by atoms with Crippen LogP contribution >= 0.6 is 0 Å². The van der Waals surface area contributed by atoms with Gasteiger partial charge in [-0.05, 0) is 68.6 Å². The number of carbonyl (C=O) groups excluding carboxylic acids is 1. The van der Waals surface area contributed by atoms with Gasteiger partial charge in [0.05, 0.1) is 5.69 Å². The van der Waals surface area contributed by atoms with Crippen molar-refractivity contribution in [3.05, 3.63) is 50.7 Å². The zero-order valence-corrected chi connectivity index (χ0v) is 17.8. The van der Waals surface area contributed by atoms with E-state index in [-0.39, 0.29) is 16.9 Å². The highest BCUT2D eigenvalue weighted by Gasteiger charge is 2.45. The average molecular weight is 408 g/mol. The second-order valence-electron chi connectivity index (χ2n) is 9.27. The van der Waals surface area contributed by atoms with Crippen molar-refractivity contribution in [1.82, 2.24) is 19.9 Å². The second kappa shape index (κ2) is 7.22. The number of aryl methyl sites for hydroxylation is 3. The Labute approximate surface area is 176 Å². The molecule has 5 rings (SSSR count). The van der Waals surface area contributed by atoms with Gasteiger partial charge in [-0.15, -0.1) is 0 Å². The summed E-state index contributed by atoms with van der Waals surface area (Å²) >= 11 is 0. The summed E-state index contributed by atoms with van der Waals surface area (Å²) in [6.07, 6.45) is 9.88. The maximum atomic E-state index is 13.4. The summed E-state index contributed by atoms with van der Waals surface area (Å²) < 4.78 is 0. The molecule has 2 aromatic heterocycles. The molecule has 1 fully saturated rings. The first-order valence-electron chi connectivity index (χ1n) is 11.0. The summed E-state index contributed by atoms with van der Waals surface area (Å²) in [7, 11) is 3.89. The Bertz CT molecular complexity index is 1060. The number of pyridine rings is 1. The van der Waals surface area contributed by atoms with E-state index >= 15 is 0 Å². The molecule has 1 N–H and O–H groups in total. The monoisotopic (exact) mass is 407 g/mol. The lowest BCUT2D eigenvalue weighted by molar-refractivity contribution is 0.0631. The second-order valence-corrected chi connectivity index (χ2v) is 9.27. The summed E-state index contributed by atoms with van der Waals surface area (Å²) in [5.41, 5.74) is 4.35. The van der Waals surface area contributed by atoms with Crippen LogP contribution in [0.5, 0.6) is 0 Å². The summed E-state index contributed by atoms with van der Waals surface area (Å²) in [4.78, 5) is 42.2. The first-order valence-corrected chi connectivity index (χ1v) is 11.0. The number of carbonyl (C=O) groups is 1. The van der Waals surface area contributed by atoms with Crippen LogP contribution in [0, 0.1) is 0 Å². The van der Waals surface area contributed by atoms with Gasteiger partial charge in [-0.25, -0.2) is 9.97 Å². The van der Waals surface area contributed by atoms with Crippen molar-refractivity contribution in [3.8, 4) is 0 Å². The molecule has 7 nitrogen and oxygen atoms in total. The minimum atomic E-state index is -0.246. The maximum absolute atomic E-state index is 13.4. The molecule has 1 spiro atoms. The highest BCUT2D eigenvalue weighted by Crippen LogP contribution is 2.44. The van der Waals surface area contributed by atoms with Crippen molar-refractivity contribution >= 4 is 11.9 Å². The highest BCUT2D eigenvalue weighted by atomic mass is 16.2. The number of fused-ring (bicyclic) bond motifs is 3. The number of aromatic nitrogens is 3. The van der Waals surface area contributed by atoms with E-state index in [0.717, 1.165) is 68.3 Å². The quantitative estimate of drug-likeness (QED) is 0.826. The van der Waals surface area contributed by atoms with Gasteiger partial charge in [0.2, 0.25) is 5.95 Å². The van der Waals surface area contributed by atoms with Gasteiger partial charge in [0.25, 0.3) is 11.5 Å². The molecule has 30 heavy (non-hydrogen) atoms. The highest BCUT2D eigenvalue weighted by molar-refractivity contribution is 5.94. The molecule has 1 amide bonds. The Kier molecular flexibility index (Phi) is 4.64. The van der Waals surface area contributed by atoms with E-state index in [2.05, 4.69) is 9.97 Å². The van der Waals surface area contributed by atoms with Gasteiger partial charge >= 0.3 is 0 Å². The van der Waals surface area contributed by atoms with E-state index in [1.54, 1.807) is 0 Å². The normalized spacial score (nSPS) is 22.7. The molecule has 1 atom stereocenters. The van der Waals surface area contributed by atoms with Crippen LogP contribution in [0.3, 0.4) is 0 Å². The molecular weight excluding hydrogens is 378 g/mol.